The summed E-state index contributed by atoms with van der Waals surface area (Å²) in [5.41, 5.74) is 16.1. The van der Waals surface area contributed by atoms with Gasteiger partial charge in [0.2, 0.25) is 0 Å². The molecule has 4 aliphatic rings. The molecule has 5 heterocycles. The summed E-state index contributed by atoms with van der Waals surface area (Å²) in [4.78, 5) is 2.82. The molecule has 51 heavy (non-hydrogen) atoms. The van der Waals surface area contributed by atoms with E-state index in [0.717, 1.165) is 11.4 Å². The van der Waals surface area contributed by atoms with E-state index in [1.807, 2.05) is 11.3 Å². The molecule has 0 amide bonds. The molecule has 1 fully saturated rings. The number of fused-ring (bicyclic) bond motifs is 10. The lowest BCUT2D eigenvalue weighted by Crippen LogP contribution is -2.63. The van der Waals surface area contributed by atoms with Gasteiger partial charge in [-0.05, 0) is 95.3 Å². The predicted molar refractivity (Wildman–Crippen MR) is 218 cm³/mol. The van der Waals surface area contributed by atoms with Crippen LogP contribution < -0.4 is 21.5 Å². The first-order chi connectivity index (χ1) is 24.9. The number of rotatable bonds is 2. The molecule has 1 aliphatic carbocycles. The maximum atomic E-state index is 7.49. The molecule has 0 N–H and O–H groups in total. The first-order valence-electron chi connectivity index (χ1n) is 18.6. The highest BCUT2D eigenvalue weighted by atomic mass is 32.1. The van der Waals surface area contributed by atoms with Crippen LogP contribution in [0.5, 0.6) is 0 Å². The van der Waals surface area contributed by atoms with Gasteiger partial charge in [-0.2, -0.15) is 0 Å². The summed E-state index contributed by atoms with van der Waals surface area (Å²) < 4.78 is 10.1. The molecule has 4 heteroatoms. The van der Waals surface area contributed by atoms with Gasteiger partial charge in [0, 0.05) is 53.3 Å². The Morgan fingerprint density at radius 1 is 0.686 bits per heavy atom. The van der Waals surface area contributed by atoms with E-state index in [9.17, 15) is 0 Å². The number of anilines is 2. The van der Waals surface area contributed by atoms with E-state index in [4.69, 9.17) is 4.42 Å². The molecule has 3 aliphatic heterocycles. The number of benzene rings is 6. The Balaban J connectivity index is 1.22. The Kier molecular flexibility index (Phi) is 5.40. The summed E-state index contributed by atoms with van der Waals surface area (Å²) in [6, 6.07) is 43.5. The molecule has 244 valence electrons. The minimum Gasteiger partial charge on any atom is -0.469 e. The molecule has 2 aromatic heterocycles. The molecule has 0 bridgehead atoms. The maximum absolute atomic E-state index is 7.49. The SMILES string of the molecule is Cc1cc2c3c(c1)N1c4c(cc(-c5ccccc5)cc4C4(C)CCCCC14C)B3c1oc(-c3cccc4sc5ccccc5c34)c3cccc-2c13. The van der Waals surface area contributed by atoms with Crippen molar-refractivity contribution in [2.45, 2.75) is 57.4 Å². The molecule has 0 spiro atoms. The lowest BCUT2D eigenvalue weighted by molar-refractivity contribution is 0.195. The van der Waals surface area contributed by atoms with E-state index in [1.165, 1.54) is 118 Å². The van der Waals surface area contributed by atoms with Crippen molar-refractivity contribution in [3.8, 4) is 33.6 Å². The Hall–Kier alpha value is -5.06. The van der Waals surface area contributed by atoms with E-state index in [2.05, 4.69) is 141 Å². The van der Waals surface area contributed by atoms with Crippen molar-refractivity contribution in [3.05, 3.63) is 126 Å². The molecular formula is C47H36BNOS. The van der Waals surface area contributed by atoms with Crippen LogP contribution in [0.1, 0.15) is 50.7 Å². The summed E-state index contributed by atoms with van der Waals surface area (Å²) in [5.74, 6) is 0.993. The van der Waals surface area contributed by atoms with Crippen LogP contribution in [0.4, 0.5) is 11.4 Å². The predicted octanol–water partition coefficient (Wildman–Crippen LogP) is 11.0. The van der Waals surface area contributed by atoms with E-state index < -0.39 is 0 Å². The number of nitrogens with zero attached hydrogens (tertiary/aromatic N) is 1. The fourth-order valence-electron chi connectivity index (χ4n) is 11.0. The zero-order chi connectivity index (χ0) is 33.8. The first kappa shape index (κ1) is 28.6. The molecule has 2 atom stereocenters. The van der Waals surface area contributed by atoms with Gasteiger partial charge in [0.15, 0.2) is 0 Å². The van der Waals surface area contributed by atoms with Gasteiger partial charge in [0.25, 0.3) is 6.71 Å². The molecule has 0 radical (unpaired) electrons. The van der Waals surface area contributed by atoms with Crippen LogP contribution in [0.15, 0.2) is 120 Å². The highest BCUT2D eigenvalue weighted by Gasteiger charge is 2.61. The second kappa shape index (κ2) is 9.63. The third kappa shape index (κ3) is 3.41. The first-order valence-corrected chi connectivity index (χ1v) is 19.4. The zero-order valence-corrected chi connectivity index (χ0v) is 30.0. The summed E-state index contributed by atoms with van der Waals surface area (Å²) in [6.07, 6.45) is 4.94. The zero-order valence-electron chi connectivity index (χ0n) is 29.1. The van der Waals surface area contributed by atoms with E-state index in [-0.39, 0.29) is 17.7 Å². The maximum Gasteiger partial charge on any atom is 0.293 e. The van der Waals surface area contributed by atoms with Crippen LogP contribution in [0.25, 0.3) is 64.5 Å². The van der Waals surface area contributed by atoms with E-state index >= 15 is 0 Å². The Morgan fingerprint density at radius 2 is 1.45 bits per heavy atom. The molecule has 2 unspecified atom stereocenters. The average Bonchev–Trinajstić information content (AvgIpc) is 3.79. The van der Waals surface area contributed by atoms with Crippen molar-refractivity contribution >= 4 is 77.0 Å². The molecule has 1 saturated carbocycles. The lowest BCUT2D eigenvalue weighted by atomic mass is 9.34. The van der Waals surface area contributed by atoms with Crippen LogP contribution in [0.2, 0.25) is 0 Å². The van der Waals surface area contributed by atoms with Crippen LogP contribution in [-0.2, 0) is 5.41 Å². The molecular weight excluding hydrogens is 637 g/mol. The third-order valence-electron chi connectivity index (χ3n) is 13.4. The van der Waals surface area contributed by atoms with Crippen LogP contribution >= 0.6 is 11.3 Å². The number of hydrogen-bond donors (Lipinski definition) is 0. The molecule has 6 aromatic carbocycles. The Bertz CT molecular complexity index is 2830. The summed E-state index contributed by atoms with van der Waals surface area (Å²) >= 11 is 1.87. The standard InChI is InChI=1S/C47H36BNOS/c1-27-23-34-30-16-11-17-33-41(30)45(50-44(33)32-18-12-20-39-40(32)31-15-7-8-19-38(31)51-39)48-36-26-29(28-13-5-4-6-14-28)25-35-43(36)49(37(24-27)42(34)48)47(3)22-10-9-21-46(35,47)2/h4-8,11-20,23-26H,9-10,21-22H2,1-3H3. The van der Waals surface area contributed by atoms with Gasteiger partial charge < -0.3 is 9.32 Å². The summed E-state index contributed by atoms with van der Waals surface area (Å²) in [5, 5.41) is 5.09. The minimum absolute atomic E-state index is 0.00110. The molecule has 0 saturated heterocycles. The van der Waals surface area contributed by atoms with Crippen molar-refractivity contribution in [1.29, 1.82) is 0 Å². The summed E-state index contributed by atoms with van der Waals surface area (Å²) in [7, 11) is 0. The summed E-state index contributed by atoms with van der Waals surface area (Å²) in [6.45, 7) is 7.43. The normalized spacial score (nSPS) is 21.0. The van der Waals surface area contributed by atoms with Crippen LogP contribution in [0, 0.1) is 6.92 Å². The van der Waals surface area contributed by atoms with Gasteiger partial charge in [-0.25, -0.2) is 0 Å². The van der Waals surface area contributed by atoms with Crippen molar-refractivity contribution in [2.75, 3.05) is 4.90 Å². The number of hydrogen-bond acceptors (Lipinski definition) is 3. The Morgan fingerprint density at radius 3 is 2.35 bits per heavy atom. The van der Waals surface area contributed by atoms with Crippen molar-refractivity contribution < 1.29 is 4.42 Å². The van der Waals surface area contributed by atoms with E-state index in [0.29, 0.717) is 0 Å². The average molecular weight is 674 g/mol. The lowest BCUT2D eigenvalue weighted by Gasteiger charge is -2.52. The van der Waals surface area contributed by atoms with Crippen molar-refractivity contribution in [3.63, 3.8) is 0 Å². The van der Waals surface area contributed by atoms with Crippen LogP contribution in [-0.4, -0.2) is 12.3 Å². The highest BCUT2D eigenvalue weighted by Crippen LogP contribution is 2.62. The smallest absolute Gasteiger partial charge is 0.293 e. The molecule has 8 aromatic rings. The molecule has 12 rings (SSSR count). The second-order valence-corrected chi connectivity index (χ2v) is 17.0. The van der Waals surface area contributed by atoms with Gasteiger partial charge in [-0.15, -0.1) is 11.3 Å². The Labute approximate surface area is 302 Å². The fraction of sp³-hybridized carbons (Fsp3) is 0.191. The monoisotopic (exact) mass is 673 g/mol. The number of furan rings is 1. The van der Waals surface area contributed by atoms with Gasteiger partial charge >= 0.3 is 0 Å². The van der Waals surface area contributed by atoms with Gasteiger partial charge in [-0.1, -0.05) is 111 Å². The number of aryl methyl sites for hydroxylation is 1. The third-order valence-corrected chi connectivity index (χ3v) is 14.6. The largest absolute Gasteiger partial charge is 0.469 e. The topological polar surface area (TPSA) is 16.4 Å². The van der Waals surface area contributed by atoms with Crippen molar-refractivity contribution in [1.82, 2.24) is 0 Å². The van der Waals surface area contributed by atoms with Gasteiger partial charge in [0.05, 0.1) is 11.2 Å². The quantitative estimate of drug-likeness (QED) is 0.170. The van der Waals surface area contributed by atoms with Crippen LogP contribution in [0.3, 0.4) is 0 Å². The fourth-order valence-corrected chi connectivity index (χ4v) is 12.1. The number of thiophene rings is 1. The van der Waals surface area contributed by atoms with E-state index in [1.54, 1.807) is 0 Å². The van der Waals surface area contributed by atoms with Crippen molar-refractivity contribution in [2.24, 2.45) is 0 Å². The second-order valence-electron chi connectivity index (χ2n) is 16.0. The van der Waals surface area contributed by atoms with Gasteiger partial charge in [-0.3, -0.25) is 0 Å². The van der Waals surface area contributed by atoms with Gasteiger partial charge in [0.1, 0.15) is 5.76 Å². The minimum atomic E-state index is -0.0135. The molecule has 2 nitrogen and oxygen atoms in total. The highest BCUT2D eigenvalue weighted by molar-refractivity contribution is 7.26.